The molecule has 0 N–H and O–H groups in total. The highest BCUT2D eigenvalue weighted by Gasteiger charge is 2.30. The van der Waals surface area contributed by atoms with Gasteiger partial charge in [0.15, 0.2) is 0 Å². The van der Waals surface area contributed by atoms with Crippen LogP contribution >= 0.6 is 17.0 Å². The van der Waals surface area contributed by atoms with Gasteiger partial charge in [-0.1, -0.05) is 25.7 Å². The lowest BCUT2D eigenvalue weighted by Gasteiger charge is -2.05. The highest BCUT2D eigenvalue weighted by atomic mass is 79.9. The van der Waals surface area contributed by atoms with Crippen molar-refractivity contribution in [3.05, 3.63) is 0 Å². The SMILES string of the molecule is Br.C1CC2CCC1C2. The fourth-order valence-corrected chi connectivity index (χ4v) is 2.17. The molecule has 0 aromatic carbocycles. The third-order valence-corrected chi connectivity index (χ3v) is 2.63. The van der Waals surface area contributed by atoms with Crippen molar-refractivity contribution in [3.8, 4) is 0 Å². The van der Waals surface area contributed by atoms with Gasteiger partial charge in [0.2, 0.25) is 0 Å². The summed E-state index contributed by atoms with van der Waals surface area (Å²) in [7, 11) is 0. The van der Waals surface area contributed by atoms with E-state index in [4.69, 9.17) is 0 Å². The maximum absolute atomic E-state index is 1.58. The van der Waals surface area contributed by atoms with E-state index in [9.17, 15) is 0 Å². The standard InChI is InChI=1S/C7H12.BrH/c1-2-7-4-3-6(1)5-7;/h6-7H,1-5H2;1H. The molecular formula is C7H13Br. The molecule has 0 spiro atoms. The van der Waals surface area contributed by atoms with Crippen molar-refractivity contribution in [2.24, 2.45) is 11.8 Å². The van der Waals surface area contributed by atoms with E-state index in [1.54, 1.807) is 32.1 Å². The van der Waals surface area contributed by atoms with Gasteiger partial charge in [0.05, 0.1) is 0 Å². The van der Waals surface area contributed by atoms with Gasteiger partial charge in [0, 0.05) is 0 Å². The summed E-state index contributed by atoms with van der Waals surface area (Å²) in [4.78, 5) is 0. The maximum Gasteiger partial charge on any atom is -0.0411 e. The van der Waals surface area contributed by atoms with Crippen LogP contribution in [0, 0.1) is 11.8 Å². The van der Waals surface area contributed by atoms with Gasteiger partial charge in [-0.25, -0.2) is 0 Å². The molecular weight excluding hydrogens is 164 g/mol. The summed E-state index contributed by atoms with van der Waals surface area (Å²) < 4.78 is 0. The second-order valence-corrected chi connectivity index (χ2v) is 3.12. The molecule has 0 amide bonds. The lowest BCUT2D eigenvalue weighted by Crippen LogP contribution is -1.90. The Bertz CT molecular complexity index is 62.5. The van der Waals surface area contributed by atoms with Crippen molar-refractivity contribution in [2.45, 2.75) is 32.1 Å². The second kappa shape index (κ2) is 2.38. The molecule has 0 unspecified atom stereocenters. The summed E-state index contributed by atoms with van der Waals surface area (Å²) in [6.07, 6.45) is 7.82. The van der Waals surface area contributed by atoms with Gasteiger partial charge < -0.3 is 0 Å². The topological polar surface area (TPSA) is 0 Å². The average molecular weight is 177 g/mol. The molecule has 2 rings (SSSR count). The Morgan fingerprint density at radius 3 is 1.25 bits per heavy atom. The quantitative estimate of drug-likeness (QED) is 0.533. The largest absolute Gasteiger partial charge is 0.114 e. The first kappa shape index (κ1) is 6.60. The Morgan fingerprint density at radius 1 is 0.750 bits per heavy atom. The van der Waals surface area contributed by atoms with Gasteiger partial charge in [-0.15, -0.1) is 17.0 Å². The number of hydrogen-bond donors (Lipinski definition) is 0. The molecule has 2 aliphatic rings. The maximum atomic E-state index is 1.58. The number of fused-ring (bicyclic) bond motifs is 2. The smallest absolute Gasteiger partial charge is 0.0411 e. The van der Waals surface area contributed by atoms with E-state index < -0.39 is 0 Å². The van der Waals surface area contributed by atoms with Gasteiger partial charge in [-0.05, 0) is 18.3 Å². The monoisotopic (exact) mass is 176 g/mol. The molecule has 0 aromatic heterocycles. The lowest BCUT2D eigenvalue weighted by atomic mass is 10.0. The van der Waals surface area contributed by atoms with E-state index in [1.807, 2.05) is 0 Å². The predicted octanol–water partition coefficient (Wildman–Crippen LogP) is 2.77. The van der Waals surface area contributed by atoms with Crippen LogP contribution in [0.15, 0.2) is 0 Å². The molecule has 2 fully saturated rings. The molecule has 0 aromatic rings. The molecule has 0 heterocycles. The first-order valence-electron chi connectivity index (χ1n) is 3.45. The van der Waals surface area contributed by atoms with Crippen molar-refractivity contribution < 1.29 is 0 Å². The van der Waals surface area contributed by atoms with E-state index in [2.05, 4.69) is 0 Å². The molecule has 8 heavy (non-hydrogen) atoms. The van der Waals surface area contributed by atoms with E-state index >= 15 is 0 Å². The minimum atomic E-state index is 0. The average Bonchev–Trinajstić information content (AvgIpc) is 2.22. The van der Waals surface area contributed by atoms with E-state index in [-0.39, 0.29) is 17.0 Å². The van der Waals surface area contributed by atoms with E-state index in [1.165, 1.54) is 11.8 Å². The van der Waals surface area contributed by atoms with Crippen molar-refractivity contribution in [1.82, 2.24) is 0 Å². The van der Waals surface area contributed by atoms with Crippen LogP contribution in [0.4, 0.5) is 0 Å². The summed E-state index contributed by atoms with van der Waals surface area (Å²) in [5.41, 5.74) is 0. The van der Waals surface area contributed by atoms with Crippen LogP contribution < -0.4 is 0 Å². The normalized spacial score (nSPS) is 42.0. The van der Waals surface area contributed by atoms with Crippen LogP contribution in [-0.2, 0) is 0 Å². The number of hydrogen-bond acceptors (Lipinski definition) is 0. The molecule has 0 nitrogen and oxygen atoms in total. The zero-order valence-corrected chi connectivity index (χ0v) is 6.81. The summed E-state index contributed by atoms with van der Waals surface area (Å²) >= 11 is 0. The minimum Gasteiger partial charge on any atom is -0.114 e. The van der Waals surface area contributed by atoms with E-state index in [0.717, 1.165) is 0 Å². The molecule has 0 saturated heterocycles. The molecule has 2 aliphatic carbocycles. The molecule has 0 aliphatic heterocycles. The van der Waals surface area contributed by atoms with Crippen molar-refractivity contribution >= 4 is 17.0 Å². The van der Waals surface area contributed by atoms with Gasteiger partial charge in [0.25, 0.3) is 0 Å². The van der Waals surface area contributed by atoms with Gasteiger partial charge in [0.1, 0.15) is 0 Å². The van der Waals surface area contributed by atoms with Crippen LogP contribution in [0.2, 0.25) is 0 Å². The zero-order valence-electron chi connectivity index (χ0n) is 5.10. The molecule has 2 bridgehead atoms. The third-order valence-electron chi connectivity index (χ3n) is 2.63. The Hall–Kier alpha value is 0.480. The molecule has 0 radical (unpaired) electrons. The van der Waals surface area contributed by atoms with Crippen LogP contribution in [0.1, 0.15) is 32.1 Å². The van der Waals surface area contributed by atoms with Gasteiger partial charge in [-0.2, -0.15) is 0 Å². The molecule has 48 valence electrons. The number of halogens is 1. The lowest BCUT2D eigenvalue weighted by molar-refractivity contribution is 0.480. The highest BCUT2D eigenvalue weighted by Crippen LogP contribution is 2.43. The van der Waals surface area contributed by atoms with Crippen LogP contribution in [0.3, 0.4) is 0 Å². The predicted molar refractivity (Wildman–Crippen MR) is 40.4 cm³/mol. The molecule has 2 saturated carbocycles. The first-order chi connectivity index (χ1) is 3.45. The number of rotatable bonds is 0. The zero-order chi connectivity index (χ0) is 4.69. The van der Waals surface area contributed by atoms with Gasteiger partial charge in [-0.3, -0.25) is 0 Å². The summed E-state index contributed by atoms with van der Waals surface area (Å²) in [6.45, 7) is 0. The minimum absolute atomic E-state index is 0. The van der Waals surface area contributed by atoms with Crippen LogP contribution in [0.5, 0.6) is 0 Å². The molecule has 1 heteroatoms. The summed E-state index contributed by atoms with van der Waals surface area (Å²) in [5.74, 6) is 2.34. The molecule has 0 atom stereocenters. The van der Waals surface area contributed by atoms with Crippen molar-refractivity contribution in [3.63, 3.8) is 0 Å². The second-order valence-electron chi connectivity index (χ2n) is 3.12. The Balaban J connectivity index is 0.000000320. The van der Waals surface area contributed by atoms with Crippen LogP contribution in [-0.4, -0.2) is 0 Å². The third kappa shape index (κ3) is 0.928. The summed E-state index contributed by atoms with van der Waals surface area (Å²) in [6, 6.07) is 0. The van der Waals surface area contributed by atoms with Gasteiger partial charge >= 0.3 is 0 Å². The first-order valence-corrected chi connectivity index (χ1v) is 3.45. The fraction of sp³-hybridized carbons (Fsp3) is 1.00. The van der Waals surface area contributed by atoms with E-state index in [0.29, 0.717) is 0 Å². The fourth-order valence-electron chi connectivity index (χ4n) is 2.17. The van der Waals surface area contributed by atoms with Crippen molar-refractivity contribution in [2.75, 3.05) is 0 Å². The Labute approximate surface area is 61.4 Å². The summed E-state index contributed by atoms with van der Waals surface area (Å²) in [5, 5.41) is 0. The Morgan fingerprint density at radius 2 is 1.12 bits per heavy atom. The highest BCUT2D eigenvalue weighted by molar-refractivity contribution is 8.93. The Kier molecular flexibility index (Phi) is 1.97. The van der Waals surface area contributed by atoms with Crippen molar-refractivity contribution in [1.29, 1.82) is 0 Å². The van der Waals surface area contributed by atoms with Crippen LogP contribution in [0.25, 0.3) is 0 Å².